The maximum Gasteiger partial charge on any atom is 0.133 e. The van der Waals surface area contributed by atoms with Crippen LogP contribution in [0, 0.1) is 0 Å². The van der Waals surface area contributed by atoms with Crippen molar-refractivity contribution >= 4 is 44.8 Å². The predicted molar refractivity (Wildman–Crippen MR) is 77.4 cm³/mol. The van der Waals surface area contributed by atoms with Crippen LogP contribution in [0.5, 0.6) is 5.75 Å². The Morgan fingerprint density at radius 3 is 2.44 bits per heavy atom. The van der Waals surface area contributed by atoms with Crippen molar-refractivity contribution < 1.29 is 5.11 Å². The van der Waals surface area contributed by atoms with Crippen LogP contribution in [0.15, 0.2) is 34.9 Å². The van der Waals surface area contributed by atoms with Gasteiger partial charge in [-0.05, 0) is 24.3 Å². The first-order chi connectivity index (χ1) is 8.56. The van der Waals surface area contributed by atoms with Gasteiger partial charge in [-0.15, -0.1) is 0 Å². The fraction of sp³-hybridized carbons (Fsp3) is 0.0833. The highest BCUT2D eigenvalue weighted by atomic mass is 79.9. The van der Waals surface area contributed by atoms with Crippen molar-refractivity contribution in [2.24, 2.45) is 0 Å². The number of anilines is 1. The third-order valence-corrected chi connectivity index (χ3v) is 3.32. The zero-order valence-electron chi connectivity index (χ0n) is 9.12. The van der Waals surface area contributed by atoms with Crippen LogP contribution >= 0.6 is 39.1 Å². The van der Waals surface area contributed by atoms with Crippen LogP contribution in [0.3, 0.4) is 0 Å². The Hall–Kier alpha value is -0.970. The summed E-state index contributed by atoms with van der Waals surface area (Å²) in [6.45, 7) is 0.474. The molecule has 0 bridgehead atoms. The molecule has 0 aliphatic rings. The van der Waals surface area contributed by atoms with Gasteiger partial charge in [0, 0.05) is 4.47 Å². The number of hydrogen-bond donors (Lipinski definition) is 2. The highest BCUT2D eigenvalue weighted by Gasteiger charge is 2.07. The Morgan fingerprint density at radius 1 is 1.22 bits per heavy atom. The summed E-state index contributed by atoms with van der Waals surface area (Å²) in [5.74, 6) is 0.137. The van der Waals surface area contributed by atoms with Crippen LogP contribution in [0.4, 0.5) is 5.69 Å². The smallest absolute Gasteiger partial charge is 0.133 e. The maximum atomic E-state index is 9.13. The van der Waals surface area contributed by atoms with E-state index < -0.39 is 0 Å². The van der Waals surface area contributed by atoms with E-state index in [0.29, 0.717) is 22.3 Å². The zero-order valence-corrected chi connectivity index (χ0v) is 12.2. The van der Waals surface area contributed by atoms with E-state index in [4.69, 9.17) is 28.3 Å². The van der Waals surface area contributed by atoms with Gasteiger partial charge in [0.25, 0.3) is 0 Å². The summed E-state index contributed by atoms with van der Waals surface area (Å²) in [7, 11) is 0. The summed E-state index contributed by atoms with van der Waals surface area (Å²) in [6, 6.07) is 6.83. The molecule has 18 heavy (non-hydrogen) atoms. The number of rotatable bonds is 3. The van der Waals surface area contributed by atoms with Gasteiger partial charge in [0.05, 0.1) is 34.2 Å². The van der Waals surface area contributed by atoms with E-state index in [-0.39, 0.29) is 5.75 Å². The molecule has 0 radical (unpaired) electrons. The van der Waals surface area contributed by atoms with Crippen LogP contribution in [-0.2, 0) is 6.54 Å². The molecule has 0 spiro atoms. The molecular weight excluding hydrogens is 339 g/mol. The van der Waals surface area contributed by atoms with Crippen LogP contribution in [0.25, 0.3) is 0 Å². The van der Waals surface area contributed by atoms with Gasteiger partial charge in [-0.3, -0.25) is 4.98 Å². The Bertz CT molecular complexity index is 537. The van der Waals surface area contributed by atoms with Gasteiger partial charge in [-0.1, -0.05) is 39.1 Å². The van der Waals surface area contributed by atoms with Crippen molar-refractivity contribution in [3.63, 3.8) is 0 Å². The first-order valence-electron chi connectivity index (χ1n) is 5.08. The Kier molecular flexibility index (Phi) is 4.32. The first kappa shape index (κ1) is 13.5. The van der Waals surface area contributed by atoms with E-state index in [0.717, 1.165) is 10.2 Å². The largest absolute Gasteiger partial charge is 0.506 e. The molecule has 0 aliphatic carbocycles. The first-order valence-corrected chi connectivity index (χ1v) is 6.63. The molecule has 6 heteroatoms. The molecule has 3 nitrogen and oxygen atoms in total. The summed E-state index contributed by atoms with van der Waals surface area (Å²) >= 11 is 15.5. The molecule has 0 saturated heterocycles. The van der Waals surface area contributed by atoms with E-state index >= 15 is 0 Å². The second kappa shape index (κ2) is 5.78. The maximum absolute atomic E-state index is 9.13. The SMILES string of the molecule is Oc1ccc(CNc2c(Cl)cc(Br)cc2Cl)nc1. The van der Waals surface area contributed by atoms with Crippen molar-refractivity contribution in [2.45, 2.75) is 6.54 Å². The minimum Gasteiger partial charge on any atom is -0.506 e. The molecule has 0 fully saturated rings. The highest BCUT2D eigenvalue weighted by molar-refractivity contribution is 9.10. The lowest BCUT2D eigenvalue weighted by molar-refractivity contribution is 0.472. The van der Waals surface area contributed by atoms with Gasteiger partial charge >= 0.3 is 0 Å². The summed E-state index contributed by atoms with van der Waals surface area (Å²) < 4.78 is 0.825. The van der Waals surface area contributed by atoms with Gasteiger partial charge in [0.15, 0.2) is 0 Å². The minimum atomic E-state index is 0.137. The number of pyridine rings is 1. The standard InChI is InChI=1S/C12H9BrCl2N2O/c13-7-3-10(14)12(11(15)4-7)17-5-8-1-2-9(18)6-16-8/h1-4,6,17-18H,5H2. The zero-order chi connectivity index (χ0) is 13.1. The fourth-order valence-corrected chi connectivity index (χ4v) is 2.75. The lowest BCUT2D eigenvalue weighted by Gasteiger charge is -2.10. The number of nitrogens with one attached hydrogen (secondary N) is 1. The number of hydrogen-bond acceptors (Lipinski definition) is 3. The van der Waals surface area contributed by atoms with Crippen molar-refractivity contribution in [1.29, 1.82) is 0 Å². The fourth-order valence-electron chi connectivity index (χ4n) is 1.41. The lowest BCUT2D eigenvalue weighted by Crippen LogP contribution is -2.02. The molecule has 0 aliphatic heterocycles. The molecule has 1 aromatic carbocycles. The van der Waals surface area contributed by atoms with Gasteiger partial charge in [0.1, 0.15) is 5.75 Å². The summed E-state index contributed by atoms with van der Waals surface area (Å²) in [6.07, 6.45) is 1.39. The monoisotopic (exact) mass is 346 g/mol. The van der Waals surface area contributed by atoms with E-state index in [1.807, 2.05) is 0 Å². The third-order valence-electron chi connectivity index (χ3n) is 2.26. The molecule has 2 N–H and O–H groups in total. The third kappa shape index (κ3) is 3.28. The quantitative estimate of drug-likeness (QED) is 0.861. The van der Waals surface area contributed by atoms with Crippen molar-refractivity contribution in [3.8, 4) is 5.75 Å². The van der Waals surface area contributed by atoms with Crippen LogP contribution in [0.1, 0.15) is 5.69 Å². The summed E-state index contributed by atoms with van der Waals surface area (Å²) in [5.41, 5.74) is 1.44. The van der Waals surface area contributed by atoms with Crippen molar-refractivity contribution in [1.82, 2.24) is 4.98 Å². The average molecular weight is 348 g/mol. The van der Waals surface area contributed by atoms with Crippen molar-refractivity contribution in [2.75, 3.05) is 5.32 Å². The molecular formula is C12H9BrCl2N2O. The number of halogens is 3. The number of aromatic hydroxyl groups is 1. The molecule has 0 amide bonds. The number of nitrogens with zero attached hydrogens (tertiary/aromatic N) is 1. The normalized spacial score (nSPS) is 10.4. The topological polar surface area (TPSA) is 45.1 Å². The average Bonchev–Trinajstić information content (AvgIpc) is 2.30. The van der Waals surface area contributed by atoms with E-state index in [2.05, 4.69) is 26.2 Å². The van der Waals surface area contributed by atoms with Gasteiger partial charge < -0.3 is 10.4 Å². The van der Waals surface area contributed by atoms with E-state index in [1.165, 1.54) is 6.20 Å². The Labute approximate surface area is 123 Å². The number of benzene rings is 1. The molecule has 0 atom stereocenters. The molecule has 1 heterocycles. The predicted octanol–water partition coefficient (Wildman–Crippen LogP) is 4.47. The molecule has 0 unspecified atom stereocenters. The highest BCUT2D eigenvalue weighted by Crippen LogP contribution is 2.33. The van der Waals surface area contributed by atoms with E-state index in [9.17, 15) is 0 Å². The summed E-state index contributed by atoms with van der Waals surface area (Å²) in [4.78, 5) is 4.06. The molecule has 2 aromatic rings. The van der Waals surface area contributed by atoms with E-state index in [1.54, 1.807) is 24.3 Å². The van der Waals surface area contributed by atoms with Gasteiger partial charge in [-0.2, -0.15) is 0 Å². The second-order valence-corrected chi connectivity index (χ2v) is 5.34. The molecule has 0 saturated carbocycles. The molecule has 94 valence electrons. The lowest BCUT2D eigenvalue weighted by atomic mass is 10.3. The van der Waals surface area contributed by atoms with Crippen LogP contribution < -0.4 is 5.32 Å². The summed E-state index contributed by atoms with van der Waals surface area (Å²) in [5, 5.41) is 13.3. The molecule has 1 aromatic heterocycles. The van der Waals surface area contributed by atoms with Gasteiger partial charge in [-0.25, -0.2) is 0 Å². The van der Waals surface area contributed by atoms with Gasteiger partial charge in [0.2, 0.25) is 0 Å². The van der Waals surface area contributed by atoms with Crippen molar-refractivity contribution in [3.05, 3.63) is 50.7 Å². The van der Waals surface area contributed by atoms with Crippen LogP contribution in [-0.4, -0.2) is 10.1 Å². The Morgan fingerprint density at radius 2 is 1.89 bits per heavy atom. The number of aromatic nitrogens is 1. The minimum absolute atomic E-state index is 0.137. The Balaban J connectivity index is 2.13. The second-order valence-electron chi connectivity index (χ2n) is 3.61. The molecule has 2 rings (SSSR count). The van der Waals surface area contributed by atoms with Crippen LogP contribution in [0.2, 0.25) is 10.0 Å².